The maximum absolute atomic E-state index is 12.5. The average Bonchev–Trinajstić information content (AvgIpc) is 2.47. The topological polar surface area (TPSA) is 66.5 Å². The number of piperidine rings is 1. The summed E-state index contributed by atoms with van der Waals surface area (Å²) >= 11 is 0. The first-order valence-electron chi connectivity index (χ1n) is 7.33. The van der Waals surface area contributed by atoms with Crippen LogP contribution >= 0.6 is 0 Å². The van der Waals surface area contributed by atoms with Gasteiger partial charge in [0.1, 0.15) is 0 Å². The van der Waals surface area contributed by atoms with E-state index in [4.69, 9.17) is 0 Å². The number of sulfonamides is 1. The number of carbonyl (C=O) groups excluding carboxylic acids is 1. The van der Waals surface area contributed by atoms with E-state index in [1.807, 2.05) is 0 Å². The monoisotopic (exact) mass is 310 g/mol. The van der Waals surface area contributed by atoms with Crippen LogP contribution in [0.1, 0.15) is 37.0 Å². The maximum Gasteiger partial charge on any atom is 0.253 e. The molecule has 1 amide bonds. The summed E-state index contributed by atoms with van der Waals surface area (Å²) in [5.41, 5.74) is 0.434. The van der Waals surface area contributed by atoms with Crippen LogP contribution in [0, 0.1) is 5.92 Å². The smallest absolute Gasteiger partial charge is 0.253 e. The summed E-state index contributed by atoms with van der Waals surface area (Å²) in [5.74, 6) is 0.560. The molecule has 116 valence electrons. The minimum atomic E-state index is -3.53. The third kappa shape index (κ3) is 3.83. The molecule has 6 heteroatoms. The van der Waals surface area contributed by atoms with Crippen molar-refractivity contribution in [2.75, 3.05) is 19.6 Å². The molecule has 0 atom stereocenters. The van der Waals surface area contributed by atoms with Gasteiger partial charge < -0.3 is 4.90 Å². The fourth-order valence-corrected chi connectivity index (χ4v) is 3.55. The number of amides is 1. The number of hydrogen-bond acceptors (Lipinski definition) is 3. The molecule has 0 bridgehead atoms. The van der Waals surface area contributed by atoms with Crippen molar-refractivity contribution in [1.82, 2.24) is 9.62 Å². The summed E-state index contributed by atoms with van der Waals surface area (Å²) < 4.78 is 26.4. The normalized spacial score (nSPS) is 17.0. The molecule has 1 N–H and O–H groups in total. The van der Waals surface area contributed by atoms with Crippen molar-refractivity contribution in [3.05, 3.63) is 29.8 Å². The fraction of sp³-hybridized carbons (Fsp3) is 0.533. The SMILES string of the molecule is CCNS(=O)(=O)c1cccc(C(=O)N2CCC(C)CC2)c1. The molecule has 5 nitrogen and oxygen atoms in total. The summed E-state index contributed by atoms with van der Waals surface area (Å²) in [5, 5.41) is 0. The molecule has 1 saturated heterocycles. The van der Waals surface area contributed by atoms with Crippen molar-refractivity contribution in [2.24, 2.45) is 5.92 Å². The highest BCUT2D eigenvalue weighted by Crippen LogP contribution is 2.19. The second-order valence-electron chi connectivity index (χ2n) is 5.50. The lowest BCUT2D eigenvalue weighted by atomic mass is 9.98. The van der Waals surface area contributed by atoms with Crippen LogP contribution in [0.25, 0.3) is 0 Å². The Kier molecular flexibility index (Phi) is 5.00. The molecule has 1 aliphatic rings. The quantitative estimate of drug-likeness (QED) is 0.923. The van der Waals surface area contributed by atoms with Gasteiger partial charge in [-0.3, -0.25) is 4.79 Å². The van der Waals surface area contributed by atoms with Crippen LogP contribution in [0.4, 0.5) is 0 Å². The van der Waals surface area contributed by atoms with E-state index in [0.29, 0.717) is 18.0 Å². The predicted octanol–water partition coefficient (Wildman–Crippen LogP) is 1.86. The molecule has 1 aromatic carbocycles. The molecule has 0 aliphatic carbocycles. The third-order valence-electron chi connectivity index (χ3n) is 3.80. The van der Waals surface area contributed by atoms with Gasteiger partial charge in [0.15, 0.2) is 0 Å². The lowest BCUT2D eigenvalue weighted by Crippen LogP contribution is -2.38. The van der Waals surface area contributed by atoms with Crippen molar-refractivity contribution in [1.29, 1.82) is 0 Å². The fourth-order valence-electron chi connectivity index (χ4n) is 2.46. The molecule has 1 aromatic rings. The highest BCUT2D eigenvalue weighted by atomic mass is 32.2. The number of hydrogen-bond donors (Lipinski definition) is 1. The van der Waals surface area contributed by atoms with Gasteiger partial charge in [0, 0.05) is 25.2 Å². The summed E-state index contributed by atoms with van der Waals surface area (Å²) in [6.07, 6.45) is 2.00. The summed E-state index contributed by atoms with van der Waals surface area (Å²) in [4.78, 5) is 14.4. The van der Waals surface area contributed by atoms with Gasteiger partial charge in [0.05, 0.1) is 4.90 Å². The minimum Gasteiger partial charge on any atom is -0.339 e. The molecule has 0 spiro atoms. The van der Waals surface area contributed by atoms with Gasteiger partial charge in [-0.05, 0) is 37.0 Å². The van der Waals surface area contributed by atoms with Crippen LogP contribution in [-0.2, 0) is 10.0 Å². The number of nitrogens with zero attached hydrogens (tertiary/aromatic N) is 1. The zero-order valence-corrected chi connectivity index (χ0v) is 13.3. The Hall–Kier alpha value is -1.40. The van der Waals surface area contributed by atoms with Crippen LogP contribution in [0.5, 0.6) is 0 Å². The van der Waals surface area contributed by atoms with Crippen molar-refractivity contribution in [2.45, 2.75) is 31.6 Å². The van der Waals surface area contributed by atoms with Gasteiger partial charge in [-0.1, -0.05) is 19.9 Å². The lowest BCUT2D eigenvalue weighted by molar-refractivity contribution is 0.0697. The van der Waals surface area contributed by atoms with E-state index in [-0.39, 0.29) is 10.8 Å². The number of nitrogens with one attached hydrogen (secondary N) is 1. The lowest BCUT2D eigenvalue weighted by Gasteiger charge is -2.30. The Bertz CT molecular complexity index is 605. The number of rotatable bonds is 4. The third-order valence-corrected chi connectivity index (χ3v) is 5.34. The Labute approximate surface area is 126 Å². The second-order valence-corrected chi connectivity index (χ2v) is 7.27. The van der Waals surface area contributed by atoms with Gasteiger partial charge >= 0.3 is 0 Å². The number of benzene rings is 1. The van der Waals surface area contributed by atoms with Crippen molar-refractivity contribution in [3.8, 4) is 0 Å². The first-order chi connectivity index (χ1) is 9.94. The average molecular weight is 310 g/mol. The predicted molar refractivity (Wildman–Crippen MR) is 81.6 cm³/mol. The van der Waals surface area contributed by atoms with E-state index in [1.165, 1.54) is 12.1 Å². The highest BCUT2D eigenvalue weighted by Gasteiger charge is 2.22. The molecular weight excluding hydrogens is 288 g/mol. The molecule has 2 rings (SSSR count). The van der Waals surface area contributed by atoms with Crippen LogP contribution in [0.2, 0.25) is 0 Å². The van der Waals surface area contributed by atoms with E-state index in [2.05, 4.69) is 11.6 Å². The first-order valence-corrected chi connectivity index (χ1v) is 8.81. The minimum absolute atomic E-state index is 0.0875. The molecule has 1 aliphatic heterocycles. The van der Waals surface area contributed by atoms with E-state index in [9.17, 15) is 13.2 Å². The molecule has 1 heterocycles. The summed E-state index contributed by atoms with van der Waals surface area (Å²) in [6, 6.07) is 6.25. The van der Waals surface area contributed by atoms with E-state index < -0.39 is 10.0 Å². The summed E-state index contributed by atoms with van der Waals surface area (Å²) in [7, 11) is -3.53. The van der Waals surface area contributed by atoms with Gasteiger partial charge in [-0.25, -0.2) is 13.1 Å². The van der Waals surface area contributed by atoms with Gasteiger partial charge in [0.2, 0.25) is 10.0 Å². The van der Waals surface area contributed by atoms with Gasteiger partial charge in [0.25, 0.3) is 5.91 Å². The first kappa shape index (κ1) is 16.0. The highest BCUT2D eigenvalue weighted by molar-refractivity contribution is 7.89. The van der Waals surface area contributed by atoms with Crippen molar-refractivity contribution >= 4 is 15.9 Å². The molecule has 0 aromatic heterocycles. The molecule has 0 saturated carbocycles. The Morgan fingerprint density at radius 2 is 2.00 bits per heavy atom. The maximum atomic E-state index is 12.5. The zero-order valence-electron chi connectivity index (χ0n) is 12.5. The molecule has 0 radical (unpaired) electrons. The van der Waals surface area contributed by atoms with Crippen LogP contribution in [-0.4, -0.2) is 38.9 Å². The standard InChI is InChI=1S/C15H22N2O3S/c1-3-16-21(19,20)14-6-4-5-13(11-14)15(18)17-9-7-12(2)8-10-17/h4-6,11-12,16H,3,7-10H2,1-2H3. The Morgan fingerprint density at radius 3 is 2.62 bits per heavy atom. The largest absolute Gasteiger partial charge is 0.339 e. The summed E-state index contributed by atoms with van der Waals surface area (Å²) in [6.45, 7) is 5.71. The molecular formula is C15H22N2O3S. The van der Waals surface area contributed by atoms with E-state index >= 15 is 0 Å². The van der Waals surface area contributed by atoms with Crippen LogP contribution in [0.15, 0.2) is 29.2 Å². The van der Waals surface area contributed by atoms with Crippen molar-refractivity contribution < 1.29 is 13.2 Å². The number of likely N-dealkylation sites (tertiary alicyclic amines) is 1. The van der Waals surface area contributed by atoms with Crippen LogP contribution < -0.4 is 4.72 Å². The second kappa shape index (κ2) is 6.58. The Balaban J connectivity index is 2.19. The molecule has 1 fully saturated rings. The van der Waals surface area contributed by atoms with E-state index in [1.54, 1.807) is 24.0 Å². The van der Waals surface area contributed by atoms with Crippen molar-refractivity contribution in [3.63, 3.8) is 0 Å². The van der Waals surface area contributed by atoms with Gasteiger partial charge in [-0.2, -0.15) is 0 Å². The number of carbonyl (C=O) groups is 1. The molecule has 21 heavy (non-hydrogen) atoms. The zero-order chi connectivity index (χ0) is 15.5. The van der Waals surface area contributed by atoms with Gasteiger partial charge in [-0.15, -0.1) is 0 Å². The molecule has 0 unspecified atom stereocenters. The van der Waals surface area contributed by atoms with Crippen LogP contribution in [0.3, 0.4) is 0 Å². The Morgan fingerprint density at radius 1 is 1.33 bits per heavy atom. The van der Waals surface area contributed by atoms with E-state index in [0.717, 1.165) is 25.9 Å².